The molecular formula is C13H12FNO3. The van der Waals surface area contributed by atoms with E-state index in [9.17, 15) is 14.0 Å². The Balaban J connectivity index is 2.22. The van der Waals surface area contributed by atoms with Gasteiger partial charge in [0.25, 0.3) is 0 Å². The van der Waals surface area contributed by atoms with Gasteiger partial charge in [-0.3, -0.25) is 4.79 Å². The molecule has 0 radical (unpaired) electrons. The lowest BCUT2D eigenvalue weighted by Gasteiger charge is -2.13. The van der Waals surface area contributed by atoms with Crippen LogP contribution in [0, 0.1) is 11.7 Å². The summed E-state index contributed by atoms with van der Waals surface area (Å²) >= 11 is 0. The Hall–Kier alpha value is -2.17. The zero-order valence-corrected chi connectivity index (χ0v) is 9.52. The first-order valence-electron chi connectivity index (χ1n) is 5.57. The highest BCUT2D eigenvalue weighted by molar-refractivity contribution is 6.01. The highest BCUT2D eigenvalue weighted by Gasteiger charge is 2.22. The van der Waals surface area contributed by atoms with E-state index in [1.165, 1.54) is 12.1 Å². The molecule has 5 heteroatoms. The summed E-state index contributed by atoms with van der Waals surface area (Å²) in [5, 5.41) is 11.3. The number of carbonyl (C=O) groups is 2. The van der Waals surface area contributed by atoms with E-state index in [4.69, 9.17) is 5.11 Å². The Kier molecular flexibility index (Phi) is 3.41. The lowest BCUT2D eigenvalue weighted by molar-refractivity contribution is -0.119. The standard InChI is InChI=1S/C13H12FNO3/c14-10-7-3-6-9(13(17)18)11(10)15-12(16)8-4-1-2-5-8/h1-3,6-8H,4-5H2,(H,15,16)(H,17,18). The van der Waals surface area contributed by atoms with Gasteiger partial charge < -0.3 is 10.4 Å². The van der Waals surface area contributed by atoms with Crippen LogP contribution in [0.5, 0.6) is 0 Å². The predicted octanol–water partition coefficient (Wildman–Crippen LogP) is 2.43. The molecule has 0 heterocycles. The molecule has 0 atom stereocenters. The lowest BCUT2D eigenvalue weighted by Crippen LogP contribution is -2.22. The molecule has 1 aromatic rings. The number of hydrogen-bond donors (Lipinski definition) is 2. The number of nitrogens with one attached hydrogen (secondary N) is 1. The Morgan fingerprint density at radius 2 is 1.94 bits per heavy atom. The normalized spacial score (nSPS) is 14.7. The number of para-hydroxylation sites is 1. The Morgan fingerprint density at radius 1 is 1.28 bits per heavy atom. The summed E-state index contributed by atoms with van der Waals surface area (Å²) in [4.78, 5) is 22.8. The number of halogens is 1. The summed E-state index contributed by atoms with van der Waals surface area (Å²) in [7, 11) is 0. The van der Waals surface area contributed by atoms with Crippen LogP contribution in [-0.4, -0.2) is 17.0 Å². The first kappa shape index (κ1) is 12.3. The molecule has 1 amide bonds. The Bertz CT molecular complexity index is 517. The van der Waals surface area contributed by atoms with Gasteiger partial charge in [-0.15, -0.1) is 0 Å². The lowest BCUT2D eigenvalue weighted by atomic mass is 10.1. The number of hydrogen-bond acceptors (Lipinski definition) is 2. The smallest absolute Gasteiger partial charge is 0.337 e. The maximum absolute atomic E-state index is 13.6. The van der Waals surface area contributed by atoms with E-state index in [0.29, 0.717) is 12.8 Å². The topological polar surface area (TPSA) is 66.4 Å². The van der Waals surface area contributed by atoms with Crippen LogP contribution in [0.25, 0.3) is 0 Å². The molecule has 0 bridgehead atoms. The van der Waals surface area contributed by atoms with Crippen LogP contribution < -0.4 is 5.32 Å². The van der Waals surface area contributed by atoms with Crippen molar-refractivity contribution < 1.29 is 19.1 Å². The molecule has 0 unspecified atom stereocenters. The monoisotopic (exact) mass is 249 g/mol. The maximum Gasteiger partial charge on any atom is 0.337 e. The summed E-state index contributed by atoms with van der Waals surface area (Å²) < 4.78 is 13.6. The zero-order chi connectivity index (χ0) is 13.1. The molecule has 1 aliphatic rings. The van der Waals surface area contributed by atoms with Gasteiger partial charge in [-0.25, -0.2) is 9.18 Å². The number of carboxylic acids is 1. The molecule has 4 nitrogen and oxygen atoms in total. The first-order chi connectivity index (χ1) is 8.59. The maximum atomic E-state index is 13.6. The third kappa shape index (κ3) is 2.40. The second-order valence-electron chi connectivity index (χ2n) is 4.10. The Morgan fingerprint density at radius 3 is 2.56 bits per heavy atom. The number of benzene rings is 1. The second kappa shape index (κ2) is 5.00. The molecule has 1 aliphatic carbocycles. The summed E-state index contributed by atoms with van der Waals surface area (Å²) in [6, 6.07) is 3.68. The zero-order valence-electron chi connectivity index (χ0n) is 9.52. The summed E-state index contributed by atoms with van der Waals surface area (Å²) in [6.07, 6.45) is 4.96. The van der Waals surface area contributed by atoms with Gasteiger partial charge in [0.15, 0.2) is 0 Å². The largest absolute Gasteiger partial charge is 0.478 e. The van der Waals surface area contributed by atoms with Crippen molar-refractivity contribution in [3.05, 3.63) is 41.7 Å². The van der Waals surface area contributed by atoms with Gasteiger partial charge in [0.2, 0.25) is 5.91 Å². The summed E-state index contributed by atoms with van der Waals surface area (Å²) in [5.41, 5.74) is -0.504. The number of allylic oxidation sites excluding steroid dienone is 2. The quantitative estimate of drug-likeness (QED) is 0.808. The molecule has 2 N–H and O–H groups in total. The first-order valence-corrected chi connectivity index (χ1v) is 5.57. The van der Waals surface area contributed by atoms with Crippen LogP contribution in [0.4, 0.5) is 10.1 Å². The van der Waals surface area contributed by atoms with E-state index < -0.39 is 11.8 Å². The van der Waals surface area contributed by atoms with Gasteiger partial charge in [-0.05, 0) is 25.0 Å². The van der Waals surface area contributed by atoms with Gasteiger partial charge in [0.05, 0.1) is 11.3 Å². The van der Waals surface area contributed by atoms with Crippen LogP contribution in [-0.2, 0) is 4.79 Å². The Labute approximate surface area is 103 Å². The minimum absolute atomic E-state index is 0.241. The third-order valence-corrected chi connectivity index (χ3v) is 2.87. The van der Waals surface area contributed by atoms with Gasteiger partial charge in [-0.1, -0.05) is 18.2 Å². The van der Waals surface area contributed by atoms with Crippen LogP contribution >= 0.6 is 0 Å². The average molecular weight is 249 g/mol. The van der Waals surface area contributed by atoms with Gasteiger partial charge in [0, 0.05) is 5.92 Å². The van der Waals surface area contributed by atoms with Crippen molar-refractivity contribution in [2.45, 2.75) is 12.8 Å². The van der Waals surface area contributed by atoms with Crippen molar-refractivity contribution in [1.29, 1.82) is 0 Å². The van der Waals surface area contributed by atoms with Crippen LogP contribution in [0.1, 0.15) is 23.2 Å². The molecule has 0 saturated heterocycles. The fraction of sp³-hybridized carbons (Fsp3) is 0.231. The molecular weight excluding hydrogens is 237 g/mol. The highest BCUT2D eigenvalue weighted by atomic mass is 19.1. The molecule has 1 aromatic carbocycles. The van der Waals surface area contributed by atoms with Crippen molar-refractivity contribution in [2.75, 3.05) is 5.32 Å². The average Bonchev–Trinajstić information content (AvgIpc) is 2.85. The van der Waals surface area contributed by atoms with Gasteiger partial charge in [0.1, 0.15) is 5.82 Å². The van der Waals surface area contributed by atoms with Crippen LogP contribution in [0.15, 0.2) is 30.4 Å². The SMILES string of the molecule is O=C(O)c1cccc(F)c1NC(=O)C1CC=CC1. The molecule has 0 spiro atoms. The fourth-order valence-electron chi connectivity index (χ4n) is 1.89. The molecule has 0 aromatic heterocycles. The van der Waals surface area contributed by atoms with Gasteiger partial charge >= 0.3 is 5.97 Å². The molecule has 0 saturated carbocycles. The van der Waals surface area contributed by atoms with Crippen molar-refractivity contribution in [3.8, 4) is 0 Å². The van der Waals surface area contributed by atoms with Crippen molar-refractivity contribution >= 4 is 17.6 Å². The van der Waals surface area contributed by atoms with E-state index in [-0.39, 0.29) is 23.1 Å². The minimum Gasteiger partial charge on any atom is -0.478 e. The summed E-state index contributed by atoms with van der Waals surface area (Å²) in [5.74, 6) is -2.61. The van der Waals surface area contributed by atoms with E-state index in [0.717, 1.165) is 6.07 Å². The minimum atomic E-state index is -1.27. The molecule has 18 heavy (non-hydrogen) atoms. The number of anilines is 1. The third-order valence-electron chi connectivity index (χ3n) is 2.87. The van der Waals surface area contributed by atoms with Crippen molar-refractivity contribution in [1.82, 2.24) is 0 Å². The number of aromatic carboxylic acids is 1. The molecule has 94 valence electrons. The molecule has 0 aliphatic heterocycles. The molecule has 2 rings (SSSR count). The second-order valence-corrected chi connectivity index (χ2v) is 4.10. The van der Waals surface area contributed by atoms with E-state index >= 15 is 0 Å². The predicted molar refractivity (Wildman–Crippen MR) is 63.9 cm³/mol. The highest BCUT2D eigenvalue weighted by Crippen LogP contribution is 2.24. The number of amides is 1. The van der Waals surface area contributed by atoms with Crippen molar-refractivity contribution in [2.24, 2.45) is 5.92 Å². The van der Waals surface area contributed by atoms with Gasteiger partial charge in [-0.2, -0.15) is 0 Å². The summed E-state index contributed by atoms with van der Waals surface area (Å²) in [6.45, 7) is 0. The number of carbonyl (C=O) groups excluding carboxylic acids is 1. The number of carboxylic acid groups (broad SMARTS) is 1. The number of rotatable bonds is 3. The van der Waals surface area contributed by atoms with E-state index in [1.807, 2.05) is 12.2 Å². The van der Waals surface area contributed by atoms with E-state index in [2.05, 4.69) is 5.32 Å². The van der Waals surface area contributed by atoms with Crippen molar-refractivity contribution in [3.63, 3.8) is 0 Å². The molecule has 0 fully saturated rings. The van der Waals surface area contributed by atoms with E-state index in [1.54, 1.807) is 0 Å². The van der Waals surface area contributed by atoms with Crippen LogP contribution in [0.2, 0.25) is 0 Å². The van der Waals surface area contributed by atoms with Crippen LogP contribution in [0.3, 0.4) is 0 Å². The fourth-order valence-corrected chi connectivity index (χ4v) is 1.89.